The van der Waals surface area contributed by atoms with E-state index in [0.717, 1.165) is 5.92 Å². The second-order valence-corrected chi connectivity index (χ2v) is 4.60. The monoisotopic (exact) mass is 179 g/mol. The smallest absolute Gasteiger partial charge is 0.0168 e. The second-order valence-electron chi connectivity index (χ2n) is 4.60. The van der Waals surface area contributed by atoms with Crippen LogP contribution in [0.4, 0.5) is 0 Å². The van der Waals surface area contributed by atoms with Crippen LogP contribution < -0.4 is 0 Å². The molecule has 75 valence electrons. The summed E-state index contributed by atoms with van der Waals surface area (Å²) in [5.41, 5.74) is 0. The van der Waals surface area contributed by atoms with Gasteiger partial charge in [-0.2, -0.15) is 0 Å². The summed E-state index contributed by atoms with van der Waals surface area (Å²) in [5.74, 6) is 1.69. The minimum Gasteiger partial charge on any atom is -0.0857 e. The zero-order valence-corrected chi connectivity index (χ0v) is 9.13. The Balaban J connectivity index is 2.04. The largest absolute Gasteiger partial charge is 0.0857 e. The number of hydrogen-bond donors (Lipinski definition) is 0. The maximum Gasteiger partial charge on any atom is -0.0168 e. The first kappa shape index (κ1) is 10.8. The maximum atomic E-state index is 2.36. The molecule has 1 fully saturated rings. The lowest BCUT2D eigenvalue weighted by Gasteiger charge is -2.20. The normalized spacial score (nSPS) is 20.2. The van der Waals surface area contributed by atoms with E-state index in [2.05, 4.69) is 32.4 Å². The Morgan fingerprint density at radius 3 is 2.46 bits per heavy atom. The molecule has 1 rings (SSSR count). The number of rotatable bonds is 4. The van der Waals surface area contributed by atoms with Crippen LogP contribution in [0.3, 0.4) is 0 Å². The van der Waals surface area contributed by atoms with Crippen LogP contribution in [0.1, 0.15) is 52.4 Å². The molecular weight excluding hydrogens is 156 g/mol. The molecule has 0 atom stereocenters. The molecule has 0 N–H and O–H groups in total. The molecule has 0 unspecified atom stereocenters. The van der Waals surface area contributed by atoms with Gasteiger partial charge in [0.15, 0.2) is 0 Å². The quantitative estimate of drug-likeness (QED) is 0.601. The van der Waals surface area contributed by atoms with Gasteiger partial charge >= 0.3 is 0 Å². The number of hydrogen-bond acceptors (Lipinski definition) is 0. The van der Waals surface area contributed by atoms with E-state index in [9.17, 15) is 0 Å². The molecule has 0 aromatic heterocycles. The van der Waals surface area contributed by atoms with Crippen LogP contribution in [0.5, 0.6) is 0 Å². The highest BCUT2D eigenvalue weighted by Gasteiger charge is 2.11. The second kappa shape index (κ2) is 6.23. The summed E-state index contributed by atoms with van der Waals surface area (Å²) in [6.07, 6.45) is 15.5. The Kier molecular flexibility index (Phi) is 5.19. The number of allylic oxidation sites excluding steroid dienone is 2. The van der Waals surface area contributed by atoms with Gasteiger partial charge in [-0.15, -0.1) is 0 Å². The Morgan fingerprint density at radius 1 is 1.15 bits per heavy atom. The average Bonchev–Trinajstić information content (AvgIpc) is 2.14. The summed E-state index contributed by atoms with van der Waals surface area (Å²) in [4.78, 5) is 0. The van der Waals surface area contributed by atoms with E-state index in [-0.39, 0.29) is 0 Å². The molecule has 1 radical (unpaired) electrons. The minimum absolute atomic E-state index is 0.697. The van der Waals surface area contributed by atoms with Crippen molar-refractivity contribution in [2.24, 2.45) is 11.8 Å². The van der Waals surface area contributed by atoms with Crippen molar-refractivity contribution in [2.45, 2.75) is 52.4 Å². The predicted molar refractivity (Wildman–Crippen MR) is 59.5 cm³/mol. The standard InChI is InChI=1S/C13H23/c1-12(2)8-6-7-11-13-9-4-3-5-10-13/h6-8,12-13H,3-5,9-11H2,1-2H3/b8-6-. The lowest BCUT2D eigenvalue weighted by Crippen LogP contribution is -2.05. The van der Waals surface area contributed by atoms with Crippen molar-refractivity contribution in [1.29, 1.82) is 0 Å². The van der Waals surface area contributed by atoms with Crippen LogP contribution in [0, 0.1) is 18.3 Å². The van der Waals surface area contributed by atoms with E-state index >= 15 is 0 Å². The SMILES string of the molecule is CC(C)/C=C\[CH]CC1CCCCC1. The summed E-state index contributed by atoms with van der Waals surface area (Å²) >= 11 is 0. The fourth-order valence-electron chi connectivity index (χ4n) is 1.99. The van der Waals surface area contributed by atoms with Crippen LogP contribution in [0.15, 0.2) is 12.2 Å². The summed E-state index contributed by atoms with van der Waals surface area (Å²) < 4.78 is 0. The van der Waals surface area contributed by atoms with Crippen molar-refractivity contribution in [2.75, 3.05) is 0 Å². The molecule has 0 nitrogen and oxygen atoms in total. The summed E-state index contributed by atoms with van der Waals surface area (Å²) in [6, 6.07) is 0. The van der Waals surface area contributed by atoms with E-state index < -0.39 is 0 Å². The van der Waals surface area contributed by atoms with Crippen LogP contribution in [0.25, 0.3) is 0 Å². The molecule has 0 saturated heterocycles. The van der Waals surface area contributed by atoms with E-state index in [1.165, 1.54) is 38.5 Å². The molecule has 0 spiro atoms. The van der Waals surface area contributed by atoms with Crippen LogP contribution in [-0.2, 0) is 0 Å². The Hall–Kier alpha value is -0.260. The first-order valence-electron chi connectivity index (χ1n) is 5.79. The van der Waals surface area contributed by atoms with Crippen molar-refractivity contribution < 1.29 is 0 Å². The third-order valence-corrected chi connectivity index (χ3v) is 2.83. The van der Waals surface area contributed by atoms with Crippen molar-refractivity contribution in [3.05, 3.63) is 18.6 Å². The molecule has 1 aliphatic carbocycles. The average molecular weight is 179 g/mol. The Labute approximate surface area is 83.4 Å². The fraction of sp³-hybridized carbons (Fsp3) is 0.769. The van der Waals surface area contributed by atoms with E-state index in [0.29, 0.717) is 5.92 Å². The topological polar surface area (TPSA) is 0 Å². The highest BCUT2D eigenvalue weighted by atomic mass is 14.2. The summed E-state index contributed by atoms with van der Waals surface area (Å²) in [6.45, 7) is 4.45. The maximum absolute atomic E-state index is 2.36. The molecule has 0 amide bonds. The fourth-order valence-corrected chi connectivity index (χ4v) is 1.99. The first-order chi connectivity index (χ1) is 6.29. The molecule has 0 bridgehead atoms. The molecular formula is C13H23. The van der Waals surface area contributed by atoms with Gasteiger partial charge in [-0.3, -0.25) is 0 Å². The molecule has 0 aromatic carbocycles. The third kappa shape index (κ3) is 5.13. The van der Waals surface area contributed by atoms with Crippen molar-refractivity contribution >= 4 is 0 Å². The highest BCUT2D eigenvalue weighted by Crippen LogP contribution is 2.26. The van der Waals surface area contributed by atoms with Crippen LogP contribution in [0.2, 0.25) is 0 Å². The van der Waals surface area contributed by atoms with E-state index in [1.54, 1.807) is 0 Å². The zero-order valence-electron chi connectivity index (χ0n) is 9.13. The van der Waals surface area contributed by atoms with Gasteiger partial charge in [-0.1, -0.05) is 58.1 Å². The Bertz CT molecular complexity index is 138. The molecule has 0 aliphatic heterocycles. The van der Waals surface area contributed by atoms with Gasteiger partial charge < -0.3 is 0 Å². The van der Waals surface area contributed by atoms with Gasteiger partial charge in [0.2, 0.25) is 0 Å². The van der Waals surface area contributed by atoms with Gasteiger partial charge in [-0.25, -0.2) is 0 Å². The molecule has 13 heavy (non-hydrogen) atoms. The van der Waals surface area contributed by atoms with Crippen molar-refractivity contribution in [3.8, 4) is 0 Å². The third-order valence-electron chi connectivity index (χ3n) is 2.83. The van der Waals surface area contributed by atoms with Gasteiger partial charge in [0.25, 0.3) is 0 Å². The first-order valence-corrected chi connectivity index (χ1v) is 5.79. The van der Waals surface area contributed by atoms with Gasteiger partial charge in [0.1, 0.15) is 0 Å². The molecule has 1 aliphatic rings. The molecule has 0 heteroatoms. The van der Waals surface area contributed by atoms with Crippen LogP contribution >= 0.6 is 0 Å². The van der Waals surface area contributed by atoms with E-state index in [4.69, 9.17) is 0 Å². The Morgan fingerprint density at radius 2 is 1.85 bits per heavy atom. The molecule has 0 aromatic rings. The van der Waals surface area contributed by atoms with Gasteiger partial charge in [0, 0.05) is 0 Å². The van der Waals surface area contributed by atoms with Crippen LogP contribution in [-0.4, -0.2) is 0 Å². The highest BCUT2D eigenvalue weighted by molar-refractivity contribution is 4.97. The zero-order chi connectivity index (χ0) is 9.52. The lowest BCUT2D eigenvalue weighted by atomic mass is 9.86. The van der Waals surface area contributed by atoms with Gasteiger partial charge in [-0.05, 0) is 24.7 Å². The molecule has 0 heterocycles. The minimum atomic E-state index is 0.697. The lowest BCUT2D eigenvalue weighted by molar-refractivity contribution is 0.356. The van der Waals surface area contributed by atoms with E-state index in [1.807, 2.05) is 0 Å². The van der Waals surface area contributed by atoms with Crippen molar-refractivity contribution in [1.82, 2.24) is 0 Å². The summed E-state index contributed by atoms with van der Waals surface area (Å²) in [7, 11) is 0. The predicted octanol–water partition coefficient (Wildman–Crippen LogP) is 4.37. The summed E-state index contributed by atoms with van der Waals surface area (Å²) in [5, 5.41) is 0. The van der Waals surface area contributed by atoms with Crippen molar-refractivity contribution in [3.63, 3.8) is 0 Å². The van der Waals surface area contributed by atoms with Gasteiger partial charge in [0.05, 0.1) is 0 Å². The molecule has 1 saturated carbocycles.